The zero-order chi connectivity index (χ0) is 7.44. The molecule has 0 bridgehead atoms. The van der Waals surface area contributed by atoms with Gasteiger partial charge in [-0.1, -0.05) is 0 Å². The second-order valence-electron chi connectivity index (χ2n) is 1.45. The first-order valence-corrected chi connectivity index (χ1v) is 3.07. The lowest BCUT2D eigenvalue weighted by molar-refractivity contribution is -0.148. The topological polar surface area (TPSA) is 71.4 Å². The minimum atomic E-state index is -1.54. The molecule has 0 aromatic heterocycles. The van der Waals surface area contributed by atoms with Gasteiger partial charge in [-0.25, -0.2) is 4.79 Å². The Morgan fingerprint density at radius 1 is 1.56 bits per heavy atom. The number of Topliss-reactive ketones (excluding diaryl/α,β-unsaturated/α-hetero) is 1. The second kappa shape index (κ2) is 3.30. The molecule has 5 heteroatoms. The lowest BCUT2D eigenvalue weighted by Gasteiger charge is -1.91. The van der Waals surface area contributed by atoms with Gasteiger partial charge in [0.25, 0.3) is 5.78 Å². The van der Waals surface area contributed by atoms with Gasteiger partial charge in [0.2, 0.25) is 0 Å². The minimum Gasteiger partial charge on any atom is -0.475 e. The largest absolute Gasteiger partial charge is 0.475 e. The highest BCUT2D eigenvalue weighted by Gasteiger charge is 2.19. The first-order valence-electron chi connectivity index (χ1n) is 2.19. The van der Waals surface area contributed by atoms with Crippen molar-refractivity contribution < 1.29 is 19.3 Å². The summed E-state index contributed by atoms with van der Waals surface area (Å²) in [6, 6.07) is 0. The number of hydrogen-bond donors (Lipinski definition) is 1. The van der Waals surface area contributed by atoms with E-state index in [-0.39, 0.29) is 0 Å². The Morgan fingerprint density at radius 2 is 2.00 bits per heavy atom. The molecule has 1 atom stereocenters. The molecule has 0 aliphatic heterocycles. The van der Waals surface area contributed by atoms with Gasteiger partial charge in [0, 0.05) is 0 Å². The number of carbonyl (C=O) groups excluding carboxylic acids is 1. The van der Waals surface area contributed by atoms with Crippen LogP contribution in [-0.4, -0.2) is 22.5 Å². The SMILES string of the molecule is CC(P=O)C(=O)C(=O)O. The van der Waals surface area contributed by atoms with E-state index in [4.69, 9.17) is 5.11 Å². The zero-order valence-electron chi connectivity index (χ0n) is 4.70. The van der Waals surface area contributed by atoms with Crippen molar-refractivity contribution in [1.82, 2.24) is 0 Å². The predicted molar refractivity (Wildman–Crippen MR) is 29.7 cm³/mol. The Bertz CT molecular complexity index is 153. The first-order chi connectivity index (χ1) is 4.09. The number of carboxylic acid groups (broad SMARTS) is 1. The Kier molecular flexibility index (Phi) is 3.02. The smallest absolute Gasteiger partial charge is 0.373 e. The van der Waals surface area contributed by atoms with E-state index in [1.165, 1.54) is 6.92 Å². The molecule has 0 rings (SSSR count). The maximum Gasteiger partial charge on any atom is 0.373 e. The van der Waals surface area contributed by atoms with Crippen molar-refractivity contribution in [2.24, 2.45) is 0 Å². The Labute approximate surface area is 53.1 Å². The van der Waals surface area contributed by atoms with Gasteiger partial charge >= 0.3 is 5.97 Å². The molecule has 0 radical (unpaired) electrons. The molecule has 0 saturated heterocycles. The zero-order valence-corrected chi connectivity index (χ0v) is 5.59. The van der Waals surface area contributed by atoms with Crippen molar-refractivity contribution >= 4 is 20.2 Å². The summed E-state index contributed by atoms with van der Waals surface area (Å²) >= 11 is 0. The van der Waals surface area contributed by atoms with Crippen molar-refractivity contribution in [3.05, 3.63) is 0 Å². The molecule has 0 aliphatic carbocycles. The van der Waals surface area contributed by atoms with Gasteiger partial charge in [0.05, 0.1) is 0 Å². The van der Waals surface area contributed by atoms with Crippen LogP contribution in [0.2, 0.25) is 0 Å². The Hall–Kier alpha value is -0.760. The molecule has 1 unspecified atom stereocenters. The second-order valence-corrected chi connectivity index (χ2v) is 2.44. The average Bonchev–Trinajstić information content (AvgIpc) is 1.84. The normalized spacial score (nSPS) is 13.0. The van der Waals surface area contributed by atoms with Crippen LogP contribution in [0.5, 0.6) is 0 Å². The summed E-state index contributed by atoms with van der Waals surface area (Å²) in [7, 11) is -0.447. The van der Waals surface area contributed by atoms with Crippen molar-refractivity contribution in [2.45, 2.75) is 12.6 Å². The van der Waals surface area contributed by atoms with E-state index in [0.717, 1.165) is 0 Å². The molecule has 0 spiro atoms. The quantitative estimate of drug-likeness (QED) is 0.462. The lowest BCUT2D eigenvalue weighted by Crippen LogP contribution is -2.20. The summed E-state index contributed by atoms with van der Waals surface area (Å²) in [4.78, 5) is 20.1. The summed E-state index contributed by atoms with van der Waals surface area (Å²) in [5, 5.41) is 7.99. The summed E-state index contributed by atoms with van der Waals surface area (Å²) in [6.07, 6.45) is 0. The van der Waals surface area contributed by atoms with Crippen LogP contribution >= 0.6 is 8.46 Å². The van der Waals surface area contributed by atoms with Gasteiger partial charge < -0.3 is 5.11 Å². The molecule has 0 amide bonds. The maximum absolute atomic E-state index is 10.3. The first kappa shape index (κ1) is 8.24. The highest BCUT2D eigenvalue weighted by molar-refractivity contribution is 7.26. The van der Waals surface area contributed by atoms with Gasteiger partial charge in [-0.3, -0.25) is 9.36 Å². The van der Waals surface area contributed by atoms with Crippen molar-refractivity contribution in [3.8, 4) is 0 Å². The summed E-state index contributed by atoms with van der Waals surface area (Å²) < 4.78 is 9.86. The molecule has 50 valence electrons. The van der Waals surface area contributed by atoms with Gasteiger partial charge in [-0.05, 0) is 6.92 Å². The van der Waals surface area contributed by atoms with Crippen LogP contribution in [0.25, 0.3) is 0 Å². The van der Waals surface area contributed by atoms with Crippen molar-refractivity contribution in [3.63, 3.8) is 0 Å². The van der Waals surface area contributed by atoms with Crippen LogP contribution in [0.1, 0.15) is 6.92 Å². The highest BCUT2D eigenvalue weighted by Crippen LogP contribution is 2.05. The number of rotatable bonds is 3. The lowest BCUT2D eigenvalue weighted by atomic mass is 10.3. The monoisotopic (exact) mass is 148 g/mol. The Balaban J connectivity index is 4.03. The summed E-state index contributed by atoms with van der Waals surface area (Å²) in [5.41, 5.74) is -0.928. The van der Waals surface area contributed by atoms with Gasteiger partial charge in [-0.2, -0.15) is 0 Å². The molecule has 0 aliphatic rings. The van der Waals surface area contributed by atoms with E-state index in [1.54, 1.807) is 0 Å². The Morgan fingerprint density at radius 3 is 2.11 bits per heavy atom. The van der Waals surface area contributed by atoms with Crippen LogP contribution in [0.3, 0.4) is 0 Å². The van der Waals surface area contributed by atoms with Gasteiger partial charge in [-0.15, -0.1) is 0 Å². The minimum absolute atomic E-state index is 0.447. The molecule has 4 nitrogen and oxygen atoms in total. The third-order valence-electron chi connectivity index (χ3n) is 0.748. The van der Waals surface area contributed by atoms with E-state index in [0.29, 0.717) is 0 Å². The fraction of sp³-hybridized carbons (Fsp3) is 0.500. The summed E-state index contributed by atoms with van der Waals surface area (Å²) in [6.45, 7) is 1.28. The van der Waals surface area contributed by atoms with Crippen LogP contribution < -0.4 is 0 Å². The fourth-order valence-corrected chi connectivity index (χ4v) is 0.433. The third kappa shape index (κ3) is 2.33. The molecule has 1 N–H and O–H groups in total. The van der Waals surface area contributed by atoms with Gasteiger partial charge in [0.1, 0.15) is 5.66 Å². The van der Waals surface area contributed by atoms with Crippen LogP contribution in [0.4, 0.5) is 0 Å². The van der Waals surface area contributed by atoms with E-state index in [1.807, 2.05) is 0 Å². The predicted octanol–water partition coefficient (Wildman–Crippen LogP) is 0.320. The summed E-state index contributed by atoms with van der Waals surface area (Å²) in [5.74, 6) is -2.56. The van der Waals surface area contributed by atoms with Gasteiger partial charge in [0.15, 0.2) is 8.46 Å². The van der Waals surface area contributed by atoms with E-state index >= 15 is 0 Å². The molecule has 0 saturated carbocycles. The molecular weight excluding hydrogens is 143 g/mol. The maximum atomic E-state index is 10.3. The molecule has 0 aromatic carbocycles. The van der Waals surface area contributed by atoms with Crippen LogP contribution in [-0.2, 0) is 14.2 Å². The number of ketones is 1. The number of carbonyl (C=O) groups is 2. The number of aliphatic carboxylic acids is 1. The fourth-order valence-electron chi connectivity index (χ4n) is 0.227. The molecule has 9 heavy (non-hydrogen) atoms. The standard InChI is InChI=1S/C4H5O4P/c1-2(9-8)3(5)4(6)7/h2H,1H3,(H,6,7). The van der Waals surface area contributed by atoms with Crippen LogP contribution in [0.15, 0.2) is 0 Å². The van der Waals surface area contributed by atoms with Crippen LogP contribution in [0, 0.1) is 0 Å². The highest BCUT2D eigenvalue weighted by atomic mass is 31.1. The average molecular weight is 148 g/mol. The molecule has 0 fully saturated rings. The molecular formula is C4H5O4P. The van der Waals surface area contributed by atoms with Crippen molar-refractivity contribution in [2.75, 3.05) is 0 Å². The molecule has 0 heterocycles. The van der Waals surface area contributed by atoms with E-state index in [9.17, 15) is 14.2 Å². The third-order valence-corrected chi connectivity index (χ3v) is 1.30. The van der Waals surface area contributed by atoms with E-state index in [2.05, 4.69) is 0 Å². The van der Waals surface area contributed by atoms with E-state index < -0.39 is 25.9 Å². The van der Waals surface area contributed by atoms with Crippen molar-refractivity contribution in [1.29, 1.82) is 0 Å². The molecule has 0 aromatic rings. The number of hydrogen-bond acceptors (Lipinski definition) is 3. The number of carboxylic acids is 1.